The smallest absolute Gasteiger partial charge is 0.243 e. The van der Waals surface area contributed by atoms with E-state index in [0.29, 0.717) is 18.5 Å². The Hall–Kier alpha value is -1.95. The molecule has 2 amide bonds. The van der Waals surface area contributed by atoms with Gasteiger partial charge in [0.2, 0.25) is 11.8 Å². The van der Waals surface area contributed by atoms with E-state index in [9.17, 15) is 14.0 Å². The first-order valence-corrected chi connectivity index (χ1v) is 7.01. The van der Waals surface area contributed by atoms with Crippen LogP contribution in [0.1, 0.15) is 26.7 Å². The van der Waals surface area contributed by atoms with E-state index in [1.54, 1.807) is 0 Å². The average molecular weight is 295 g/mol. The molecule has 0 radical (unpaired) electrons. The van der Waals surface area contributed by atoms with E-state index in [2.05, 4.69) is 10.6 Å². The van der Waals surface area contributed by atoms with Crippen LogP contribution in [-0.2, 0) is 9.59 Å². The van der Waals surface area contributed by atoms with Crippen molar-refractivity contribution in [3.05, 3.63) is 30.1 Å². The molecule has 116 valence electrons. The van der Waals surface area contributed by atoms with Crippen LogP contribution in [0.4, 0.5) is 10.1 Å². The largest absolute Gasteiger partial charge is 0.347 e. The number of benzene rings is 1. The predicted octanol–water partition coefficient (Wildman–Crippen LogP) is 1.65. The second-order valence-electron chi connectivity index (χ2n) is 4.93. The first-order chi connectivity index (χ1) is 9.97. The van der Waals surface area contributed by atoms with Gasteiger partial charge in [-0.25, -0.2) is 4.39 Å². The van der Waals surface area contributed by atoms with Crippen LogP contribution in [0.15, 0.2) is 24.3 Å². The quantitative estimate of drug-likeness (QED) is 0.715. The summed E-state index contributed by atoms with van der Waals surface area (Å²) in [5.41, 5.74) is 5.53. The van der Waals surface area contributed by atoms with Crippen molar-refractivity contribution in [2.24, 2.45) is 11.1 Å². The second kappa shape index (κ2) is 7.73. The lowest BCUT2D eigenvalue weighted by Gasteiger charge is -2.28. The summed E-state index contributed by atoms with van der Waals surface area (Å²) in [5, 5.41) is 5.18. The van der Waals surface area contributed by atoms with Crippen molar-refractivity contribution in [1.82, 2.24) is 5.32 Å². The van der Waals surface area contributed by atoms with Crippen molar-refractivity contribution >= 4 is 17.5 Å². The van der Waals surface area contributed by atoms with Gasteiger partial charge in [-0.05, 0) is 37.1 Å². The molecule has 1 aromatic carbocycles. The van der Waals surface area contributed by atoms with Gasteiger partial charge < -0.3 is 16.4 Å². The van der Waals surface area contributed by atoms with Gasteiger partial charge >= 0.3 is 0 Å². The van der Waals surface area contributed by atoms with Crippen molar-refractivity contribution < 1.29 is 14.0 Å². The summed E-state index contributed by atoms with van der Waals surface area (Å²) in [5.74, 6) is -0.961. The number of nitrogens with two attached hydrogens (primary N) is 1. The Morgan fingerprint density at radius 3 is 2.24 bits per heavy atom. The maximum Gasteiger partial charge on any atom is 0.243 e. The van der Waals surface area contributed by atoms with Crippen LogP contribution in [0.25, 0.3) is 0 Å². The van der Waals surface area contributed by atoms with E-state index < -0.39 is 5.41 Å². The molecule has 0 aliphatic rings. The molecule has 0 bridgehead atoms. The van der Waals surface area contributed by atoms with Crippen LogP contribution in [0, 0.1) is 11.2 Å². The monoisotopic (exact) mass is 295 g/mol. The molecule has 1 aromatic rings. The van der Waals surface area contributed by atoms with E-state index in [-0.39, 0.29) is 30.7 Å². The highest BCUT2D eigenvalue weighted by molar-refractivity contribution is 5.95. The van der Waals surface area contributed by atoms with Crippen LogP contribution >= 0.6 is 0 Å². The maximum absolute atomic E-state index is 12.7. The molecule has 0 heterocycles. The van der Waals surface area contributed by atoms with Gasteiger partial charge in [-0.15, -0.1) is 0 Å². The standard InChI is InChI=1S/C15H22FN3O2/c1-3-15(4-2,10-17)14(21)18-9-13(20)19-12-7-5-11(16)6-8-12/h5-8H,3-4,9-10,17H2,1-2H3,(H,18,21)(H,19,20). The zero-order chi connectivity index (χ0) is 15.9. The minimum atomic E-state index is -0.629. The van der Waals surface area contributed by atoms with Crippen molar-refractivity contribution in [2.45, 2.75) is 26.7 Å². The molecule has 6 heteroatoms. The van der Waals surface area contributed by atoms with Crippen LogP contribution < -0.4 is 16.4 Å². The number of anilines is 1. The molecule has 5 nitrogen and oxygen atoms in total. The summed E-state index contributed by atoms with van der Waals surface area (Å²) in [4.78, 5) is 23.9. The molecule has 0 aromatic heterocycles. The number of amides is 2. The Balaban J connectivity index is 2.52. The summed E-state index contributed by atoms with van der Waals surface area (Å²) >= 11 is 0. The van der Waals surface area contributed by atoms with Crippen molar-refractivity contribution in [2.75, 3.05) is 18.4 Å². The minimum absolute atomic E-state index is 0.141. The third kappa shape index (κ3) is 4.53. The highest BCUT2D eigenvalue weighted by Gasteiger charge is 2.33. The van der Waals surface area contributed by atoms with Crippen molar-refractivity contribution in [3.8, 4) is 0 Å². The van der Waals surface area contributed by atoms with Gasteiger partial charge in [-0.1, -0.05) is 13.8 Å². The molecule has 0 spiro atoms. The topological polar surface area (TPSA) is 84.2 Å². The lowest BCUT2D eigenvalue weighted by Crippen LogP contribution is -2.47. The van der Waals surface area contributed by atoms with Gasteiger partial charge in [-0.2, -0.15) is 0 Å². The van der Waals surface area contributed by atoms with E-state index in [0.717, 1.165) is 0 Å². The molecule has 0 atom stereocenters. The third-order valence-corrected chi connectivity index (χ3v) is 3.76. The molecule has 0 unspecified atom stereocenters. The predicted molar refractivity (Wildman–Crippen MR) is 80.1 cm³/mol. The normalized spacial score (nSPS) is 11.0. The van der Waals surface area contributed by atoms with Gasteiger partial charge in [0.05, 0.1) is 12.0 Å². The molecule has 1 rings (SSSR count). The molecular formula is C15H22FN3O2. The van der Waals surface area contributed by atoms with Gasteiger partial charge in [0, 0.05) is 12.2 Å². The first kappa shape index (κ1) is 17.1. The number of carbonyl (C=O) groups excluding carboxylic acids is 2. The van der Waals surface area contributed by atoms with E-state index in [1.807, 2.05) is 13.8 Å². The summed E-state index contributed by atoms with van der Waals surface area (Å²) in [6.45, 7) is 3.90. The summed E-state index contributed by atoms with van der Waals surface area (Å²) in [6.07, 6.45) is 1.23. The molecule has 0 aliphatic heterocycles. The lowest BCUT2D eigenvalue weighted by atomic mass is 9.81. The van der Waals surface area contributed by atoms with E-state index in [1.165, 1.54) is 24.3 Å². The fourth-order valence-corrected chi connectivity index (χ4v) is 2.04. The number of hydrogen-bond acceptors (Lipinski definition) is 3. The zero-order valence-electron chi connectivity index (χ0n) is 12.4. The van der Waals surface area contributed by atoms with Crippen LogP contribution in [-0.4, -0.2) is 24.9 Å². The highest BCUT2D eigenvalue weighted by atomic mass is 19.1. The van der Waals surface area contributed by atoms with Crippen molar-refractivity contribution in [1.29, 1.82) is 0 Å². The molecule has 0 fully saturated rings. The van der Waals surface area contributed by atoms with Crippen LogP contribution in [0.2, 0.25) is 0 Å². The number of nitrogens with one attached hydrogen (secondary N) is 2. The summed E-state index contributed by atoms with van der Waals surface area (Å²) in [7, 11) is 0. The number of halogens is 1. The van der Waals surface area contributed by atoms with E-state index >= 15 is 0 Å². The average Bonchev–Trinajstić information content (AvgIpc) is 2.50. The number of rotatable bonds is 7. The van der Waals surface area contributed by atoms with Gasteiger partial charge in [-0.3, -0.25) is 9.59 Å². The van der Waals surface area contributed by atoms with Crippen molar-refractivity contribution in [3.63, 3.8) is 0 Å². The Morgan fingerprint density at radius 2 is 1.76 bits per heavy atom. The zero-order valence-corrected chi connectivity index (χ0v) is 12.4. The van der Waals surface area contributed by atoms with Crippen LogP contribution in [0.3, 0.4) is 0 Å². The molecule has 0 aliphatic carbocycles. The minimum Gasteiger partial charge on any atom is -0.347 e. The molecule has 21 heavy (non-hydrogen) atoms. The van der Waals surface area contributed by atoms with Gasteiger partial charge in [0.25, 0.3) is 0 Å². The maximum atomic E-state index is 12.7. The van der Waals surface area contributed by atoms with Gasteiger partial charge in [0.15, 0.2) is 0 Å². The first-order valence-electron chi connectivity index (χ1n) is 7.01. The van der Waals surface area contributed by atoms with Crippen LogP contribution in [0.5, 0.6) is 0 Å². The highest BCUT2D eigenvalue weighted by Crippen LogP contribution is 2.24. The fraction of sp³-hybridized carbons (Fsp3) is 0.467. The summed E-state index contributed by atoms with van der Waals surface area (Å²) in [6, 6.07) is 5.41. The second-order valence-corrected chi connectivity index (χ2v) is 4.93. The Morgan fingerprint density at radius 1 is 1.19 bits per heavy atom. The molecular weight excluding hydrogens is 273 g/mol. The lowest BCUT2D eigenvalue weighted by molar-refractivity contribution is -0.132. The van der Waals surface area contributed by atoms with Gasteiger partial charge in [0.1, 0.15) is 5.82 Å². The number of hydrogen-bond donors (Lipinski definition) is 3. The Bertz CT molecular complexity index is 476. The Kier molecular flexibility index (Phi) is 6.30. The third-order valence-electron chi connectivity index (χ3n) is 3.76. The molecule has 4 N–H and O–H groups in total. The molecule has 0 saturated heterocycles. The molecule has 0 saturated carbocycles. The SMILES string of the molecule is CCC(CC)(CN)C(=O)NCC(=O)Nc1ccc(F)cc1. The summed E-state index contributed by atoms with van der Waals surface area (Å²) < 4.78 is 12.7. The number of carbonyl (C=O) groups is 2. The Labute approximate surface area is 124 Å². The van der Waals surface area contributed by atoms with E-state index in [4.69, 9.17) is 5.73 Å². The fourth-order valence-electron chi connectivity index (χ4n) is 2.04.